The van der Waals surface area contributed by atoms with Gasteiger partial charge in [-0.15, -0.1) is 0 Å². The van der Waals surface area contributed by atoms with E-state index in [1.54, 1.807) is 13.8 Å². The summed E-state index contributed by atoms with van der Waals surface area (Å²) in [6.45, 7) is 7.71. The maximum atomic E-state index is 13.5. The Labute approximate surface area is 174 Å². The predicted octanol–water partition coefficient (Wildman–Crippen LogP) is 3.12. The highest BCUT2D eigenvalue weighted by Crippen LogP contribution is 2.32. The van der Waals surface area contributed by atoms with Gasteiger partial charge in [0.15, 0.2) is 0 Å². The smallest absolute Gasteiger partial charge is 0.340 e. The monoisotopic (exact) mass is 416 g/mol. The largest absolute Gasteiger partial charge is 0.462 e. The van der Waals surface area contributed by atoms with Gasteiger partial charge in [-0.1, -0.05) is 12.1 Å². The van der Waals surface area contributed by atoms with Crippen molar-refractivity contribution in [2.75, 3.05) is 19.7 Å². The number of aromatic nitrogens is 1. The Bertz CT molecular complexity index is 957. The van der Waals surface area contributed by atoms with E-state index in [4.69, 9.17) is 9.47 Å². The summed E-state index contributed by atoms with van der Waals surface area (Å²) < 4.78 is 24.2. The third kappa shape index (κ3) is 4.28. The number of amides is 1. The second-order valence-corrected chi connectivity index (χ2v) is 7.40. The van der Waals surface area contributed by atoms with E-state index in [2.05, 4.69) is 4.98 Å². The normalized spacial score (nSPS) is 18.9. The summed E-state index contributed by atoms with van der Waals surface area (Å²) in [5.41, 5.74) is 1.21. The summed E-state index contributed by atoms with van der Waals surface area (Å²) in [5.74, 6) is -2.53. The fourth-order valence-electron chi connectivity index (χ4n) is 3.75. The zero-order valence-corrected chi connectivity index (χ0v) is 17.5. The van der Waals surface area contributed by atoms with E-state index in [0.29, 0.717) is 24.3 Å². The molecule has 1 aliphatic rings. The fraction of sp³-hybridized carbons (Fsp3) is 0.409. The Hall–Kier alpha value is -3.00. The molecule has 0 saturated carbocycles. The second kappa shape index (κ2) is 8.79. The van der Waals surface area contributed by atoms with Gasteiger partial charge in [-0.25, -0.2) is 9.18 Å². The zero-order valence-electron chi connectivity index (χ0n) is 17.5. The van der Waals surface area contributed by atoms with E-state index in [1.165, 1.54) is 29.2 Å². The molecule has 8 heteroatoms. The van der Waals surface area contributed by atoms with Crippen LogP contribution in [0.5, 0.6) is 0 Å². The van der Waals surface area contributed by atoms with Crippen LogP contribution in [0.1, 0.15) is 47.3 Å². The van der Waals surface area contributed by atoms with Crippen LogP contribution >= 0.6 is 0 Å². The highest BCUT2D eigenvalue weighted by Gasteiger charge is 2.34. The lowest BCUT2D eigenvalue weighted by Crippen LogP contribution is -2.50. The summed E-state index contributed by atoms with van der Waals surface area (Å²) in [6.07, 6.45) is -0.384. The molecule has 1 amide bonds. The van der Waals surface area contributed by atoms with Crippen LogP contribution in [0.25, 0.3) is 11.1 Å². The van der Waals surface area contributed by atoms with E-state index < -0.39 is 23.5 Å². The van der Waals surface area contributed by atoms with Crippen molar-refractivity contribution in [2.45, 2.75) is 39.9 Å². The second-order valence-electron chi connectivity index (χ2n) is 7.40. The van der Waals surface area contributed by atoms with Crippen molar-refractivity contribution < 1.29 is 28.2 Å². The minimum atomic E-state index is -0.769. The van der Waals surface area contributed by atoms with Crippen LogP contribution in [-0.2, 0) is 14.3 Å². The number of esters is 1. The standard InChI is InChI=1S/C22H25FN2O5/c1-5-29-22(28)17-14(4)24-19(18(17)15-6-8-16(23)9-7-15)20(26)21(27)25-10-12(2)30-13(3)11-25/h6-9,12-13,24H,5,10-11H2,1-4H3/t12-,13+. The molecule has 1 fully saturated rings. The van der Waals surface area contributed by atoms with Crippen molar-refractivity contribution in [2.24, 2.45) is 0 Å². The van der Waals surface area contributed by atoms with Crippen molar-refractivity contribution in [1.29, 1.82) is 0 Å². The molecule has 0 spiro atoms. The van der Waals surface area contributed by atoms with Crippen LogP contribution in [-0.4, -0.2) is 59.4 Å². The quantitative estimate of drug-likeness (QED) is 0.460. The molecule has 1 aromatic heterocycles. The number of carbonyl (C=O) groups excluding carboxylic acids is 3. The molecule has 30 heavy (non-hydrogen) atoms. The van der Waals surface area contributed by atoms with Crippen molar-refractivity contribution in [3.63, 3.8) is 0 Å². The SMILES string of the molecule is CCOC(=O)c1c(C)[nH]c(C(=O)C(=O)N2C[C@@H](C)O[C@@H](C)C2)c1-c1ccc(F)cc1. The molecule has 7 nitrogen and oxygen atoms in total. The lowest BCUT2D eigenvalue weighted by atomic mass is 9.98. The van der Waals surface area contributed by atoms with Crippen LogP contribution in [0, 0.1) is 12.7 Å². The topological polar surface area (TPSA) is 88.7 Å². The molecule has 2 aromatic rings. The van der Waals surface area contributed by atoms with E-state index in [-0.39, 0.29) is 35.6 Å². The first kappa shape index (κ1) is 21.7. The first-order chi connectivity index (χ1) is 14.2. The number of aryl methyl sites for hydroxylation is 1. The molecule has 3 rings (SSSR count). The fourth-order valence-corrected chi connectivity index (χ4v) is 3.75. The van der Waals surface area contributed by atoms with Crippen LogP contribution in [0.15, 0.2) is 24.3 Å². The molecule has 0 aliphatic carbocycles. The van der Waals surface area contributed by atoms with Gasteiger partial charge < -0.3 is 19.4 Å². The summed E-state index contributed by atoms with van der Waals surface area (Å²) >= 11 is 0. The average molecular weight is 416 g/mol. The summed E-state index contributed by atoms with van der Waals surface area (Å²) in [4.78, 5) is 43.1. The Morgan fingerprint density at radius 2 is 1.77 bits per heavy atom. The van der Waals surface area contributed by atoms with Gasteiger partial charge in [-0.2, -0.15) is 0 Å². The van der Waals surface area contributed by atoms with Crippen LogP contribution in [0.2, 0.25) is 0 Å². The highest BCUT2D eigenvalue weighted by molar-refractivity contribution is 6.43. The van der Waals surface area contributed by atoms with Gasteiger partial charge in [0.1, 0.15) is 11.5 Å². The molecule has 0 radical (unpaired) electrons. The lowest BCUT2D eigenvalue weighted by molar-refractivity contribution is -0.138. The van der Waals surface area contributed by atoms with Gasteiger partial charge >= 0.3 is 5.97 Å². The summed E-state index contributed by atoms with van der Waals surface area (Å²) in [5, 5.41) is 0. The summed E-state index contributed by atoms with van der Waals surface area (Å²) in [7, 11) is 0. The van der Waals surface area contributed by atoms with Gasteiger partial charge in [-0.05, 0) is 45.4 Å². The highest BCUT2D eigenvalue weighted by atomic mass is 19.1. The number of carbonyl (C=O) groups is 3. The maximum Gasteiger partial charge on any atom is 0.340 e. The van der Waals surface area contributed by atoms with Crippen LogP contribution in [0.3, 0.4) is 0 Å². The molecular weight excluding hydrogens is 391 g/mol. The molecule has 0 unspecified atom stereocenters. The lowest BCUT2D eigenvalue weighted by Gasteiger charge is -2.34. The number of morpholine rings is 1. The first-order valence-corrected chi connectivity index (χ1v) is 9.87. The van der Waals surface area contributed by atoms with Crippen molar-refractivity contribution >= 4 is 17.7 Å². The number of nitrogens with zero attached hydrogens (tertiary/aromatic N) is 1. The van der Waals surface area contributed by atoms with Gasteiger partial charge in [-0.3, -0.25) is 9.59 Å². The van der Waals surface area contributed by atoms with Crippen LogP contribution in [0.4, 0.5) is 4.39 Å². The number of benzene rings is 1. The van der Waals surface area contributed by atoms with E-state index >= 15 is 0 Å². The number of Topliss-reactive ketones (excluding diaryl/α,β-unsaturated/α-hetero) is 1. The maximum absolute atomic E-state index is 13.5. The van der Waals surface area contributed by atoms with Crippen molar-refractivity contribution in [3.8, 4) is 11.1 Å². The predicted molar refractivity (Wildman–Crippen MR) is 108 cm³/mol. The number of rotatable bonds is 5. The average Bonchev–Trinajstić information content (AvgIpc) is 3.04. The molecule has 160 valence electrons. The third-order valence-electron chi connectivity index (χ3n) is 4.93. The molecular formula is C22H25FN2O5. The van der Waals surface area contributed by atoms with Gasteiger partial charge in [0.25, 0.3) is 11.7 Å². The zero-order chi connectivity index (χ0) is 22.0. The number of hydrogen-bond donors (Lipinski definition) is 1. The molecule has 2 heterocycles. The van der Waals surface area contributed by atoms with Crippen molar-refractivity contribution in [3.05, 3.63) is 47.0 Å². The molecule has 2 atom stereocenters. The number of ether oxygens (including phenoxy) is 2. The molecule has 1 N–H and O–H groups in total. The first-order valence-electron chi connectivity index (χ1n) is 9.87. The summed E-state index contributed by atoms with van der Waals surface area (Å²) in [6, 6.07) is 5.38. The molecule has 0 bridgehead atoms. The number of nitrogens with one attached hydrogen (secondary N) is 1. The van der Waals surface area contributed by atoms with Gasteiger partial charge in [0, 0.05) is 24.3 Å². The minimum Gasteiger partial charge on any atom is -0.462 e. The minimum absolute atomic E-state index is 0.0149. The Balaban J connectivity index is 2.06. The van der Waals surface area contributed by atoms with E-state index in [9.17, 15) is 18.8 Å². The Morgan fingerprint density at radius 1 is 1.17 bits per heavy atom. The number of H-pyrrole nitrogens is 1. The van der Waals surface area contributed by atoms with E-state index in [1.807, 2.05) is 13.8 Å². The van der Waals surface area contributed by atoms with Crippen LogP contribution < -0.4 is 0 Å². The van der Waals surface area contributed by atoms with Crippen molar-refractivity contribution in [1.82, 2.24) is 9.88 Å². The number of ketones is 1. The van der Waals surface area contributed by atoms with Gasteiger partial charge in [0.05, 0.1) is 24.4 Å². The third-order valence-corrected chi connectivity index (χ3v) is 4.93. The van der Waals surface area contributed by atoms with Gasteiger partial charge in [0.2, 0.25) is 0 Å². The Morgan fingerprint density at radius 3 is 2.33 bits per heavy atom. The van der Waals surface area contributed by atoms with E-state index in [0.717, 1.165) is 0 Å². The number of aromatic amines is 1. The molecule has 1 saturated heterocycles. The number of halogens is 1. The number of hydrogen-bond acceptors (Lipinski definition) is 5. The molecule has 1 aromatic carbocycles. The molecule has 1 aliphatic heterocycles. The Kier molecular flexibility index (Phi) is 6.36.